The van der Waals surface area contributed by atoms with Crippen LogP contribution in [0, 0.1) is 0 Å². The first-order valence-electron chi connectivity index (χ1n) is 9.06. The molecule has 3 N–H and O–H groups in total. The van der Waals surface area contributed by atoms with Gasteiger partial charge in [-0.25, -0.2) is 0 Å². The van der Waals surface area contributed by atoms with Crippen LogP contribution >= 0.6 is 0 Å². The summed E-state index contributed by atoms with van der Waals surface area (Å²) in [5.41, 5.74) is 2.89. The number of hydrogen-bond donors (Lipinski definition) is 3. The average molecular weight is 382 g/mol. The maximum Gasteiger partial charge on any atom is 0.243 e. The van der Waals surface area contributed by atoms with E-state index in [0.29, 0.717) is 29.9 Å². The Kier molecular flexibility index (Phi) is 6.52. The number of aliphatic hydroxyl groups is 1. The molecule has 1 unspecified atom stereocenters. The zero-order valence-corrected chi connectivity index (χ0v) is 15.3. The molecule has 1 aliphatic rings. The van der Waals surface area contributed by atoms with Crippen LogP contribution in [0.5, 0.6) is 5.75 Å². The van der Waals surface area contributed by atoms with Crippen LogP contribution in [0.25, 0.3) is 0 Å². The second kappa shape index (κ2) is 9.25. The highest BCUT2D eigenvalue weighted by Gasteiger charge is 2.26. The first-order chi connectivity index (χ1) is 13.6. The summed E-state index contributed by atoms with van der Waals surface area (Å²) < 4.78 is 5.91. The molecule has 1 aliphatic heterocycles. The van der Waals surface area contributed by atoms with Gasteiger partial charge in [0.2, 0.25) is 11.8 Å². The minimum atomic E-state index is -0.490. The molecular formula is C21H22N2O5. The maximum atomic E-state index is 11.9. The Morgan fingerprint density at radius 1 is 1.14 bits per heavy atom. The fourth-order valence-corrected chi connectivity index (χ4v) is 3.03. The summed E-state index contributed by atoms with van der Waals surface area (Å²) >= 11 is 0. The lowest BCUT2D eigenvalue weighted by Crippen LogP contribution is -2.50. The van der Waals surface area contributed by atoms with Crippen LogP contribution in [-0.4, -0.2) is 29.2 Å². The van der Waals surface area contributed by atoms with Crippen LogP contribution in [0.15, 0.2) is 42.5 Å². The number of benzene rings is 2. The maximum absolute atomic E-state index is 11.9. The van der Waals surface area contributed by atoms with E-state index >= 15 is 0 Å². The normalized spacial score (nSPS) is 16.5. The van der Waals surface area contributed by atoms with Gasteiger partial charge in [-0.15, -0.1) is 0 Å². The number of nitrogens with one attached hydrogen (secondary N) is 2. The molecule has 0 saturated carbocycles. The van der Waals surface area contributed by atoms with Crippen LogP contribution < -0.4 is 15.4 Å². The molecule has 0 radical (unpaired) electrons. The van der Waals surface area contributed by atoms with Crippen LogP contribution in [0.2, 0.25) is 0 Å². The lowest BCUT2D eigenvalue weighted by Gasteiger charge is -2.23. The van der Waals surface area contributed by atoms with Gasteiger partial charge in [-0.3, -0.25) is 19.7 Å². The number of rotatable bonds is 8. The quantitative estimate of drug-likeness (QED) is 0.472. The molecule has 1 fully saturated rings. The fourth-order valence-electron chi connectivity index (χ4n) is 3.03. The average Bonchev–Trinajstić information content (AvgIpc) is 2.72. The molecule has 2 amide bonds. The Labute approximate surface area is 162 Å². The monoisotopic (exact) mass is 382 g/mol. The third kappa shape index (κ3) is 4.82. The highest BCUT2D eigenvalue weighted by Crippen LogP contribution is 2.23. The first kappa shape index (κ1) is 19.7. The van der Waals surface area contributed by atoms with Gasteiger partial charge in [0.1, 0.15) is 12.4 Å². The van der Waals surface area contributed by atoms with Crippen molar-refractivity contribution in [1.29, 1.82) is 0 Å². The molecular weight excluding hydrogens is 360 g/mol. The van der Waals surface area contributed by atoms with E-state index in [-0.39, 0.29) is 31.4 Å². The summed E-state index contributed by atoms with van der Waals surface area (Å²) in [7, 11) is 0. The molecule has 7 nitrogen and oxygen atoms in total. The van der Waals surface area contributed by atoms with E-state index in [1.807, 2.05) is 24.3 Å². The van der Waals surface area contributed by atoms with Crippen molar-refractivity contribution in [3.8, 4) is 5.75 Å². The molecule has 146 valence electrons. The molecule has 28 heavy (non-hydrogen) atoms. The van der Waals surface area contributed by atoms with E-state index in [1.54, 1.807) is 18.2 Å². The Hall–Kier alpha value is -3.03. The van der Waals surface area contributed by atoms with E-state index in [2.05, 4.69) is 10.6 Å². The van der Waals surface area contributed by atoms with Crippen LogP contribution in [0.4, 0.5) is 0 Å². The SMILES string of the molecule is O=Cc1cccc(OCc2ccc(CO)cc2)c1CNC1CCC(=O)NC1=O. The Morgan fingerprint density at radius 3 is 2.57 bits per heavy atom. The number of aliphatic hydroxyl groups excluding tert-OH is 1. The van der Waals surface area contributed by atoms with E-state index < -0.39 is 6.04 Å². The van der Waals surface area contributed by atoms with Crippen LogP contribution in [0.3, 0.4) is 0 Å². The number of carbonyl (C=O) groups is 3. The van der Waals surface area contributed by atoms with Crippen molar-refractivity contribution >= 4 is 18.1 Å². The summed E-state index contributed by atoms with van der Waals surface area (Å²) in [5, 5.41) is 14.5. The Morgan fingerprint density at radius 2 is 1.89 bits per heavy atom. The third-order valence-corrected chi connectivity index (χ3v) is 4.66. The van der Waals surface area contributed by atoms with Crippen molar-refractivity contribution in [1.82, 2.24) is 10.6 Å². The molecule has 7 heteroatoms. The number of piperidine rings is 1. The summed E-state index contributed by atoms with van der Waals surface area (Å²) in [6, 6.07) is 12.1. The molecule has 0 aromatic heterocycles. The van der Waals surface area contributed by atoms with Gasteiger partial charge >= 0.3 is 0 Å². The molecule has 0 bridgehead atoms. The van der Waals surface area contributed by atoms with E-state index in [1.165, 1.54) is 0 Å². The van der Waals surface area contributed by atoms with E-state index in [0.717, 1.165) is 17.4 Å². The third-order valence-electron chi connectivity index (χ3n) is 4.66. The topological polar surface area (TPSA) is 105 Å². The number of hydrogen-bond acceptors (Lipinski definition) is 6. The highest BCUT2D eigenvalue weighted by atomic mass is 16.5. The number of ether oxygens (including phenoxy) is 1. The summed E-state index contributed by atoms with van der Waals surface area (Å²) in [6.45, 7) is 0.554. The molecule has 1 heterocycles. The summed E-state index contributed by atoms with van der Waals surface area (Å²) in [6.07, 6.45) is 1.46. The zero-order chi connectivity index (χ0) is 19.9. The Bertz CT molecular complexity index is 864. The van der Waals surface area contributed by atoms with Gasteiger partial charge in [0.05, 0.1) is 12.6 Å². The smallest absolute Gasteiger partial charge is 0.243 e. The minimum absolute atomic E-state index is 0.0152. The van der Waals surface area contributed by atoms with Crippen LogP contribution in [0.1, 0.15) is 39.9 Å². The lowest BCUT2D eigenvalue weighted by molar-refractivity contribution is -0.134. The zero-order valence-electron chi connectivity index (χ0n) is 15.3. The number of imide groups is 1. The highest BCUT2D eigenvalue weighted by molar-refractivity contribution is 6.00. The Balaban J connectivity index is 1.70. The van der Waals surface area contributed by atoms with Crippen molar-refractivity contribution in [3.63, 3.8) is 0 Å². The molecule has 0 spiro atoms. The largest absolute Gasteiger partial charge is 0.489 e. The standard InChI is InChI=1S/C21H22N2O5/c24-11-14-4-6-15(7-5-14)13-28-19-3-1-2-16(12-25)17(19)10-22-18-8-9-20(26)23-21(18)27/h1-7,12,18,22,24H,8-11,13H2,(H,23,26,27). The second-order valence-corrected chi connectivity index (χ2v) is 6.59. The van der Waals surface area contributed by atoms with E-state index in [4.69, 9.17) is 9.84 Å². The van der Waals surface area contributed by atoms with Gasteiger partial charge in [0.15, 0.2) is 6.29 Å². The predicted octanol–water partition coefficient (Wildman–Crippen LogP) is 1.47. The molecule has 2 aromatic carbocycles. The van der Waals surface area contributed by atoms with Crippen LogP contribution in [-0.2, 0) is 29.3 Å². The van der Waals surface area contributed by atoms with Gasteiger partial charge in [0.25, 0.3) is 0 Å². The van der Waals surface area contributed by atoms with Gasteiger partial charge < -0.3 is 15.2 Å². The van der Waals surface area contributed by atoms with Crippen molar-refractivity contribution < 1.29 is 24.2 Å². The number of carbonyl (C=O) groups excluding carboxylic acids is 3. The number of amides is 2. The second-order valence-electron chi connectivity index (χ2n) is 6.59. The van der Waals surface area contributed by atoms with Gasteiger partial charge in [0, 0.05) is 24.1 Å². The fraction of sp³-hybridized carbons (Fsp3) is 0.286. The molecule has 1 saturated heterocycles. The molecule has 1 atom stereocenters. The van der Waals surface area contributed by atoms with Gasteiger partial charge in [-0.1, -0.05) is 36.4 Å². The minimum Gasteiger partial charge on any atom is -0.489 e. The summed E-state index contributed by atoms with van der Waals surface area (Å²) in [4.78, 5) is 34.6. The molecule has 3 rings (SSSR count). The summed E-state index contributed by atoms with van der Waals surface area (Å²) in [5.74, 6) is -0.0746. The molecule has 2 aromatic rings. The predicted molar refractivity (Wildman–Crippen MR) is 102 cm³/mol. The van der Waals surface area contributed by atoms with E-state index in [9.17, 15) is 14.4 Å². The van der Waals surface area contributed by atoms with Gasteiger partial charge in [-0.05, 0) is 23.6 Å². The molecule has 0 aliphatic carbocycles. The van der Waals surface area contributed by atoms with Crippen molar-refractivity contribution in [2.45, 2.75) is 38.6 Å². The number of aldehydes is 1. The van der Waals surface area contributed by atoms with Gasteiger partial charge in [-0.2, -0.15) is 0 Å². The van der Waals surface area contributed by atoms with Crippen molar-refractivity contribution in [2.24, 2.45) is 0 Å². The van der Waals surface area contributed by atoms with Crippen molar-refractivity contribution in [2.75, 3.05) is 0 Å². The lowest BCUT2D eigenvalue weighted by atomic mass is 10.0. The first-order valence-corrected chi connectivity index (χ1v) is 9.06. The van der Waals surface area contributed by atoms with Crippen molar-refractivity contribution in [3.05, 3.63) is 64.7 Å².